The van der Waals surface area contributed by atoms with Gasteiger partial charge in [-0.1, -0.05) is 29.8 Å². The van der Waals surface area contributed by atoms with Gasteiger partial charge in [-0.15, -0.1) is 0 Å². The molecule has 1 aliphatic rings. The second kappa shape index (κ2) is 12.3. The van der Waals surface area contributed by atoms with Crippen molar-refractivity contribution in [3.05, 3.63) is 83.3 Å². The smallest absolute Gasteiger partial charge is 0.254 e. The van der Waals surface area contributed by atoms with Crippen molar-refractivity contribution >= 4 is 46.0 Å². The standard InChI is InChI=1S/C29H32ClN7O2/c30-23-8-6-21(7-9-23)3-2-13-35-15-17-36(18-16-35)29(39)22-4-1-5-24(19-22)37(14-11-26(31)38)28-25-10-12-32-27(25)33-20-34-28/h1,4-10,12,19-20H,2-3,11,13-18H2,(H2,31,38)(H,32,33,34). The van der Waals surface area contributed by atoms with Gasteiger partial charge in [0, 0.05) is 61.6 Å². The number of aromatic amines is 1. The lowest BCUT2D eigenvalue weighted by Gasteiger charge is -2.35. The van der Waals surface area contributed by atoms with E-state index in [-0.39, 0.29) is 12.3 Å². The van der Waals surface area contributed by atoms with E-state index in [1.807, 2.05) is 52.3 Å². The minimum Gasteiger partial charge on any atom is -0.370 e. The number of rotatable bonds is 10. The van der Waals surface area contributed by atoms with Crippen LogP contribution in [0.2, 0.25) is 5.02 Å². The van der Waals surface area contributed by atoms with Gasteiger partial charge in [-0.3, -0.25) is 14.5 Å². The van der Waals surface area contributed by atoms with Crippen LogP contribution in [-0.4, -0.2) is 75.8 Å². The molecule has 39 heavy (non-hydrogen) atoms. The Kier molecular flexibility index (Phi) is 8.39. The van der Waals surface area contributed by atoms with Crippen LogP contribution in [0.5, 0.6) is 0 Å². The number of carbonyl (C=O) groups excluding carboxylic acids is 2. The van der Waals surface area contributed by atoms with Crippen LogP contribution >= 0.6 is 11.6 Å². The molecule has 0 unspecified atom stereocenters. The molecule has 1 saturated heterocycles. The lowest BCUT2D eigenvalue weighted by atomic mass is 10.1. The van der Waals surface area contributed by atoms with E-state index in [9.17, 15) is 9.59 Å². The molecule has 0 spiro atoms. The van der Waals surface area contributed by atoms with Crippen LogP contribution in [0.4, 0.5) is 11.5 Å². The zero-order chi connectivity index (χ0) is 27.2. The van der Waals surface area contributed by atoms with Gasteiger partial charge in [0.15, 0.2) is 0 Å². The number of piperazine rings is 1. The number of hydrogen-bond donors (Lipinski definition) is 2. The van der Waals surface area contributed by atoms with Gasteiger partial charge in [-0.05, 0) is 61.3 Å². The van der Waals surface area contributed by atoms with Crippen molar-refractivity contribution in [1.29, 1.82) is 0 Å². The third-order valence-corrected chi connectivity index (χ3v) is 7.34. The highest BCUT2D eigenvalue weighted by Gasteiger charge is 2.23. The molecule has 3 heterocycles. The summed E-state index contributed by atoms with van der Waals surface area (Å²) in [6.45, 7) is 4.41. The predicted octanol–water partition coefficient (Wildman–Crippen LogP) is 4.02. The summed E-state index contributed by atoms with van der Waals surface area (Å²) in [4.78, 5) is 43.2. The van der Waals surface area contributed by atoms with Crippen molar-refractivity contribution in [1.82, 2.24) is 24.8 Å². The largest absolute Gasteiger partial charge is 0.370 e. The molecular weight excluding hydrogens is 514 g/mol. The number of anilines is 2. The van der Waals surface area contributed by atoms with Gasteiger partial charge >= 0.3 is 0 Å². The fourth-order valence-corrected chi connectivity index (χ4v) is 5.10. The van der Waals surface area contributed by atoms with Crippen LogP contribution in [0, 0.1) is 0 Å². The number of nitrogens with two attached hydrogens (primary N) is 1. The molecule has 0 saturated carbocycles. The van der Waals surface area contributed by atoms with Crippen LogP contribution in [0.3, 0.4) is 0 Å². The second-order valence-electron chi connectivity index (χ2n) is 9.72. The summed E-state index contributed by atoms with van der Waals surface area (Å²) in [5.41, 5.74) is 8.82. The fraction of sp³-hybridized carbons (Fsp3) is 0.310. The third-order valence-electron chi connectivity index (χ3n) is 7.09. The minimum absolute atomic E-state index is 0.00185. The molecule has 0 bridgehead atoms. The molecule has 3 N–H and O–H groups in total. The molecule has 4 aromatic rings. The first-order valence-electron chi connectivity index (χ1n) is 13.2. The summed E-state index contributed by atoms with van der Waals surface area (Å²) in [6, 6.07) is 17.4. The van der Waals surface area contributed by atoms with E-state index in [0.29, 0.717) is 36.7 Å². The summed E-state index contributed by atoms with van der Waals surface area (Å²) in [5, 5.41) is 1.58. The number of benzene rings is 2. The van der Waals surface area contributed by atoms with Gasteiger partial charge in [0.05, 0.1) is 5.39 Å². The summed E-state index contributed by atoms with van der Waals surface area (Å²) < 4.78 is 0. The monoisotopic (exact) mass is 545 g/mol. The third kappa shape index (κ3) is 6.55. The van der Waals surface area contributed by atoms with Crippen molar-refractivity contribution < 1.29 is 9.59 Å². The highest BCUT2D eigenvalue weighted by molar-refractivity contribution is 6.30. The number of primary amides is 1. The number of aromatic nitrogens is 3. The maximum atomic E-state index is 13.5. The lowest BCUT2D eigenvalue weighted by molar-refractivity contribution is -0.117. The highest BCUT2D eigenvalue weighted by Crippen LogP contribution is 2.30. The number of aryl methyl sites for hydroxylation is 1. The summed E-state index contributed by atoms with van der Waals surface area (Å²) in [5.74, 6) is 0.249. The Hall–Kier alpha value is -3.95. The van der Waals surface area contributed by atoms with Gasteiger partial charge in [0.1, 0.15) is 17.8 Å². The van der Waals surface area contributed by atoms with Crippen molar-refractivity contribution in [2.24, 2.45) is 5.73 Å². The molecule has 0 aliphatic carbocycles. The van der Waals surface area contributed by atoms with Crippen LogP contribution in [0.25, 0.3) is 11.0 Å². The van der Waals surface area contributed by atoms with Crippen LogP contribution in [0.1, 0.15) is 28.8 Å². The first-order valence-corrected chi connectivity index (χ1v) is 13.6. The number of H-pyrrole nitrogens is 1. The molecule has 5 rings (SSSR count). The zero-order valence-electron chi connectivity index (χ0n) is 21.7. The molecule has 202 valence electrons. The average molecular weight is 546 g/mol. The average Bonchev–Trinajstić information content (AvgIpc) is 3.44. The normalized spacial score (nSPS) is 14.0. The maximum Gasteiger partial charge on any atom is 0.254 e. The molecular formula is C29H32ClN7O2. The Labute approximate surface area is 232 Å². The Morgan fingerprint density at radius 2 is 1.82 bits per heavy atom. The van der Waals surface area contributed by atoms with E-state index in [2.05, 4.69) is 32.0 Å². The first-order chi connectivity index (χ1) is 19.0. The van der Waals surface area contributed by atoms with E-state index < -0.39 is 5.91 Å². The van der Waals surface area contributed by atoms with Gasteiger partial charge in [0.25, 0.3) is 5.91 Å². The maximum absolute atomic E-state index is 13.5. The van der Waals surface area contributed by atoms with Gasteiger partial charge < -0.3 is 20.5 Å². The molecule has 2 amide bonds. The molecule has 2 aromatic heterocycles. The predicted molar refractivity (Wildman–Crippen MR) is 153 cm³/mol. The number of nitrogens with one attached hydrogen (secondary N) is 1. The SMILES string of the molecule is NC(=O)CCN(c1cccc(C(=O)N2CCN(CCCc3ccc(Cl)cc3)CC2)c1)c1ncnc2[nH]ccc12. The minimum atomic E-state index is -0.405. The number of nitrogens with zero attached hydrogens (tertiary/aromatic N) is 5. The van der Waals surface area contributed by atoms with Gasteiger partial charge in [0.2, 0.25) is 5.91 Å². The molecule has 10 heteroatoms. The van der Waals surface area contributed by atoms with Crippen LogP contribution in [0.15, 0.2) is 67.1 Å². The van der Waals surface area contributed by atoms with Crippen molar-refractivity contribution in [3.8, 4) is 0 Å². The number of hydrogen-bond acceptors (Lipinski definition) is 6. The molecule has 0 atom stereocenters. The topological polar surface area (TPSA) is 111 Å². The van der Waals surface area contributed by atoms with Crippen LogP contribution < -0.4 is 10.6 Å². The molecule has 2 aromatic carbocycles. The summed E-state index contributed by atoms with van der Waals surface area (Å²) in [7, 11) is 0. The van der Waals surface area contributed by atoms with E-state index >= 15 is 0 Å². The number of halogens is 1. The quantitative estimate of drug-likeness (QED) is 0.311. The van der Waals surface area contributed by atoms with Crippen molar-refractivity contribution in [2.45, 2.75) is 19.3 Å². The highest BCUT2D eigenvalue weighted by atomic mass is 35.5. The van der Waals surface area contributed by atoms with Gasteiger partial charge in [-0.2, -0.15) is 0 Å². The van der Waals surface area contributed by atoms with Crippen molar-refractivity contribution in [3.63, 3.8) is 0 Å². The van der Waals surface area contributed by atoms with Crippen molar-refractivity contribution in [2.75, 3.05) is 44.2 Å². The van der Waals surface area contributed by atoms with E-state index in [0.717, 1.165) is 48.6 Å². The molecule has 0 radical (unpaired) electrons. The summed E-state index contributed by atoms with van der Waals surface area (Å²) in [6.07, 6.45) is 5.50. The molecule has 1 aliphatic heterocycles. The molecule has 9 nitrogen and oxygen atoms in total. The lowest BCUT2D eigenvalue weighted by Crippen LogP contribution is -2.48. The van der Waals surface area contributed by atoms with Crippen LogP contribution in [-0.2, 0) is 11.2 Å². The number of carbonyl (C=O) groups is 2. The number of fused-ring (bicyclic) bond motifs is 1. The fourth-order valence-electron chi connectivity index (χ4n) is 4.97. The second-order valence-corrected chi connectivity index (χ2v) is 10.2. The Morgan fingerprint density at radius 1 is 1.03 bits per heavy atom. The number of amides is 2. The van der Waals surface area contributed by atoms with E-state index in [4.69, 9.17) is 17.3 Å². The van der Waals surface area contributed by atoms with E-state index in [1.165, 1.54) is 11.9 Å². The Balaban J connectivity index is 1.23. The summed E-state index contributed by atoms with van der Waals surface area (Å²) >= 11 is 5.98. The Morgan fingerprint density at radius 3 is 2.59 bits per heavy atom. The zero-order valence-corrected chi connectivity index (χ0v) is 22.5. The van der Waals surface area contributed by atoms with Gasteiger partial charge in [-0.25, -0.2) is 9.97 Å². The Bertz CT molecular complexity index is 1430. The first kappa shape index (κ1) is 26.6. The van der Waals surface area contributed by atoms with E-state index in [1.54, 1.807) is 6.20 Å². The molecule has 1 fully saturated rings.